The second kappa shape index (κ2) is 9.17. The van der Waals surface area contributed by atoms with Gasteiger partial charge in [0.15, 0.2) is 0 Å². The minimum atomic E-state index is -0.174. The van der Waals surface area contributed by atoms with E-state index in [1.165, 1.54) is 6.92 Å². The van der Waals surface area contributed by atoms with Crippen LogP contribution in [0.3, 0.4) is 0 Å². The Balaban J connectivity index is 1.61. The molecule has 0 aromatic heterocycles. The predicted molar refractivity (Wildman–Crippen MR) is 108 cm³/mol. The largest absolute Gasteiger partial charge is 0.341 e. The first kappa shape index (κ1) is 19.6. The van der Waals surface area contributed by atoms with Gasteiger partial charge in [-0.25, -0.2) is 0 Å². The summed E-state index contributed by atoms with van der Waals surface area (Å²) in [5, 5.41) is 2.70. The molecular formula is C22H25N3O3. The first-order valence-corrected chi connectivity index (χ1v) is 9.51. The molecule has 0 aliphatic carbocycles. The summed E-state index contributed by atoms with van der Waals surface area (Å²) < 4.78 is 0. The lowest BCUT2D eigenvalue weighted by Crippen LogP contribution is -2.38. The number of nitrogens with one attached hydrogen (secondary N) is 1. The molecule has 2 aromatic carbocycles. The third-order valence-corrected chi connectivity index (χ3v) is 4.76. The molecule has 146 valence electrons. The summed E-state index contributed by atoms with van der Waals surface area (Å²) >= 11 is 0. The molecule has 28 heavy (non-hydrogen) atoms. The van der Waals surface area contributed by atoms with E-state index in [-0.39, 0.29) is 17.7 Å². The third kappa shape index (κ3) is 5.19. The molecular weight excluding hydrogens is 354 g/mol. The molecule has 0 radical (unpaired) electrons. The van der Waals surface area contributed by atoms with Gasteiger partial charge in [0.05, 0.1) is 6.42 Å². The quantitative estimate of drug-likeness (QED) is 0.888. The van der Waals surface area contributed by atoms with E-state index in [0.717, 1.165) is 12.0 Å². The van der Waals surface area contributed by atoms with Crippen molar-refractivity contribution in [3.8, 4) is 0 Å². The number of nitrogens with zero attached hydrogens (tertiary/aromatic N) is 2. The smallest absolute Gasteiger partial charge is 0.253 e. The molecule has 6 nitrogen and oxygen atoms in total. The van der Waals surface area contributed by atoms with Gasteiger partial charge in [0, 0.05) is 44.4 Å². The number of hydrogen-bond acceptors (Lipinski definition) is 3. The van der Waals surface area contributed by atoms with E-state index in [9.17, 15) is 14.4 Å². The van der Waals surface area contributed by atoms with Crippen molar-refractivity contribution in [1.29, 1.82) is 0 Å². The number of anilines is 1. The van der Waals surface area contributed by atoms with Crippen LogP contribution in [0.5, 0.6) is 0 Å². The molecule has 1 heterocycles. The molecule has 1 fully saturated rings. The molecule has 1 aliphatic heterocycles. The Kier molecular flexibility index (Phi) is 6.42. The number of hydrogen-bond donors (Lipinski definition) is 1. The summed E-state index contributed by atoms with van der Waals surface area (Å²) in [5.41, 5.74) is 2.14. The zero-order valence-electron chi connectivity index (χ0n) is 16.1. The molecule has 1 saturated heterocycles. The molecule has 3 rings (SSSR count). The van der Waals surface area contributed by atoms with Crippen molar-refractivity contribution >= 4 is 23.4 Å². The zero-order chi connectivity index (χ0) is 19.9. The highest BCUT2D eigenvalue weighted by Gasteiger charge is 2.23. The highest BCUT2D eigenvalue weighted by molar-refractivity contribution is 5.96. The van der Waals surface area contributed by atoms with Crippen LogP contribution in [0.1, 0.15) is 29.3 Å². The van der Waals surface area contributed by atoms with Crippen LogP contribution in [-0.2, 0) is 16.0 Å². The zero-order valence-corrected chi connectivity index (χ0v) is 16.1. The Morgan fingerprint density at radius 1 is 0.893 bits per heavy atom. The molecule has 0 saturated carbocycles. The van der Waals surface area contributed by atoms with Crippen molar-refractivity contribution in [3.05, 3.63) is 65.7 Å². The molecule has 0 atom stereocenters. The highest BCUT2D eigenvalue weighted by Crippen LogP contribution is 2.15. The molecule has 0 spiro atoms. The van der Waals surface area contributed by atoms with Gasteiger partial charge in [-0.15, -0.1) is 0 Å². The monoisotopic (exact) mass is 379 g/mol. The van der Waals surface area contributed by atoms with Crippen LogP contribution < -0.4 is 5.32 Å². The van der Waals surface area contributed by atoms with Gasteiger partial charge in [0.1, 0.15) is 0 Å². The summed E-state index contributed by atoms with van der Waals surface area (Å²) in [6.45, 7) is 3.73. The van der Waals surface area contributed by atoms with Gasteiger partial charge in [-0.1, -0.05) is 36.4 Å². The van der Waals surface area contributed by atoms with E-state index in [1.807, 2.05) is 35.2 Å². The van der Waals surface area contributed by atoms with Crippen LogP contribution in [0.4, 0.5) is 5.69 Å². The van der Waals surface area contributed by atoms with Gasteiger partial charge in [0.2, 0.25) is 11.8 Å². The van der Waals surface area contributed by atoms with Crippen LogP contribution in [0, 0.1) is 0 Å². The maximum absolute atomic E-state index is 12.9. The second-order valence-corrected chi connectivity index (χ2v) is 6.95. The lowest BCUT2D eigenvalue weighted by atomic mass is 10.1. The number of amides is 3. The molecule has 6 heteroatoms. The van der Waals surface area contributed by atoms with E-state index in [2.05, 4.69) is 5.32 Å². The van der Waals surface area contributed by atoms with E-state index in [1.54, 1.807) is 29.2 Å². The Morgan fingerprint density at radius 3 is 2.36 bits per heavy atom. The van der Waals surface area contributed by atoms with Gasteiger partial charge in [0.25, 0.3) is 5.91 Å². The van der Waals surface area contributed by atoms with Crippen molar-refractivity contribution in [2.75, 3.05) is 31.5 Å². The fraction of sp³-hybridized carbons (Fsp3) is 0.318. The maximum atomic E-state index is 12.9. The minimum absolute atomic E-state index is 0.0791. The van der Waals surface area contributed by atoms with Crippen LogP contribution in [0.25, 0.3) is 0 Å². The number of benzene rings is 2. The van der Waals surface area contributed by atoms with Crippen LogP contribution >= 0.6 is 0 Å². The van der Waals surface area contributed by atoms with Gasteiger partial charge >= 0.3 is 0 Å². The summed E-state index contributed by atoms with van der Waals surface area (Å²) in [6.07, 6.45) is 1.13. The fourth-order valence-electron chi connectivity index (χ4n) is 3.37. The van der Waals surface area contributed by atoms with Crippen molar-refractivity contribution in [2.24, 2.45) is 0 Å². The number of carbonyl (C=O) groups is 3. The average Bonchev–Trinajstić information content (AvgIpc) is 2.94. The topological polar surface area (TPSA) is 69.7 Å². The number of rotatable bonds is 4. The summed E-state index contributed by atoms with van der Waals surface area (Å²) in [5.74, 6) is -0.162. The number of carbonyl (C=O) groups excluding carboxylic acids is 3. The normalized spacial score (nSPS) is 14.3. The van der Waals surface area contributed by atoms with Gasteiger partial charge in [-0.3, -0.25) is 14.4 Å². The summed E-state index contributed by atoms with van der Waals surface area (Å²) in [4.78, 5) is 40.3. The van der Waals surface area contributed by atoms with Crippen LogP contribution in [0.15, 0.2) is 54.6 Å². The van der Waals surface area contributed by atoms with E-state index >= 15 is 0 Å². The van der Waals surface area contributed by atoms with Crippen molar-refractivity contribution in [2.45, 2.75) is 19.8 Å². The Morgan fingerprint density at radius 2 is 1.61 bits per heavy atom. The first-order chi connectivity index (χ1) is 13.5. The molecule has 1 N–H and O–H groups in total. The van der Waals surface area contributed by atoms with E-state index < -0.39 is 0 Å². The average molecular weight is 379 g/mol. The molecule has 3 amide bonds. The van der Waals surface area contributed by atoms with Gasteiger partial charge in [-0.2, -0.15) is 0 Å². The van der Waals surface area contributed by atoms with Gasteiger partial charge in [-0.05, 0) is 30.2 Å². The second-order valence-electron chi connectivity index (χ2n) is 6.95. The maximum Gasteiger partial charge on any atom is 0.253 e. The lowest BCUT2D eigenvalue weighted by molar-refractivity contribution is -0.130. The minimum Gasteiger partial charge on any atom is -0.341 e. The van der Waals surface area contributed by atoms with Crippen LogP contribution in [-0.4, -0.2) is 53.7 Å². The Hall–Kier alpha value is -3.15. The predicted octanol–water partition coefficient (Wildman–Crippen LogP) is 2.56. The Bertz CT molecular complexity index is 851. The summed E-state index contributed by atoms with van der Waals surface area (Å²) in [6, 6.07) is 16.6. The molecule has 1 aliphatic rings. The van der Waals surface area contributed by atoms with Crippen molar-refractivity contribution in [1.82, 2.24) is 9.80 Å². The molecule has 2 aromatic rings. The van der Waals surface area contributed by atoms with Crippen molar-refractivity contribution < 1.29 is 14.4 Å². The molecule has 0 unspecified atom stereocenters. The fourth-order valence-corrected chi connectivity index (χ4v) is 3.37. The van der Waals surface area contributed by atoms with E-state index in [4.69, 9.17) is 0 Å². The first-order valence-electron chi connectivity index (χ1n) is 9.51. The van der Waals surface area contributed by atoms with Gasteiger partial charge < -0.3 is 15.1 Å². The Labute approximate surface area is 165 Å². The lowest BCUT2D eigenvalue weighted by Gasteiger charge is -2.22. The van der Waals surface area contributed by atoms with Crippen LogP contribution in [0.2, 0.25) is 0 Å². The SMILES string of the molecule is CC(=O)Nc1cccc(C(=O)N2CCCN(C(=O)Cc3ccccc3)CC2)c1. The van der Waals surface area contributed by atoms with E-state index in [0.29, 0.717) is 43.9 Å². The van der Waals surface area contributed by atoms with Crippen molar-refractivity contribution in [3.63, 3.8) is 0 Å². The standard InChI is InChI=1S/C22H25N3O3/c1-17(26)23-20-10-5-9-19(16-20)22(28)25-12-6-11-24(13-14-25)21(27)15-18-7-3-2-4-8-18/h2-5,7-10,16H,6,11-15H2,1H3,(H,23,26). The third-order valence-electron chi connectivity index (χ3n) is 4.76. The summed E-state index contributed by atoms with van der Waals surface area (Å²) in [7, 11) is 0. The molecule has 0 bridgehead atoms. The highest BCUT2D eigenvalue weighted by atomic mass is 16.2.